The molecule has 0 atom stereocenters. The standard InChI is InChI=1S/C16H25NO/c1-13-7-6-8-14(15(13)18)11-17-12-16(2)9-4-3-5-10-16/h6-8,17-18H,3-5,9-12H2,1-2H3. The van der Waals surface area contributed by atoms with E-state index in [9.17, 15) is 5.11 Å². The molecule has 1 aliphatic carbocycles. The van der Waals surface area contributed by atoms with E-state index in [0.717, 1.165) is 24.2 Å². The van der Waals surface area contributed by atoms with Crippen molar-refractivity contribution >= 4 is 0 Å². The third kappa shape index (κ3) is 3.26. The SMILES string of the molecule is Cc1cccc(CNCC2(C)CCCCC2)c1O. The Bertz CT molecular complexity index is 394. The van der Waals surface area contributed by atoms with Gasteiger partial charge in [0.25, 0.3) is 0 Å². The van der Waals surface area contributed by atoms with E-state index in [1.54, 1.807) is 0 Å². The molecule has 0 spiro atoms. The number of nitrogens with one attached hydrogen (secondary N) is 1. The van der Waals surface area contributed by atoms with Crippen LogP contribution in [0, 0.1) is 12.3 Å². The zero-order valence-corrected chi connectivity index (χ0v) is 11.6. The molecule has 1 aliphatic rings. The Morgan fingerprint density at radius 1 is 1.22 bits per heavy atom. The number of para-hydroxylation sites is 1. The van der Waals surface area contributed by atoms with Crippen LogP contribution in [0.25, 0.3) is 0 Å². The molecule has 1 aromatic rings. The zero-order chi connectivity index (χ0) is 13.0. The predicted octanol–water partition coefficient (Wildman–Crippen LogP) is 3.76. The Morgan fingerprint density at radius 2 is 1.94 bits per heavy atom. The molecule has 0 aliphatic heterocycles. The van der Waals surface area contributed by atoms with E-state index in [2.05, 4.69) is 12.2 Å². The van der Waals surface area contributed by atoms with Crippen LogP contribution in [-0.4, -0.2) is 11.7 Å². The summed E-state index contributed by atoms with van der Waals surface area (Å²) >= 11 is 0. The fraction of sp³-hybridized carbons (Fsp3) is 0.625. The Kier molecular flexibility index (Phi) is 4.28. The van der Waals surface area contributed by atoms with E-state index in [0.29, 0.717) is 11.2 Å². The number of aryl methyl sites for hydroxylation is 1. The van der Waals surface area contributed by atoms with E-state index < -0.39 is 0 Å². The number of phenols is 1. The van der Waals surface area contributed by atoms with Crippen molar-refractivity contribution in [2.24, 2.45) is 5.41 Å². The van der Waals surface area contributed by atoms with Crippen LogP contribution in [0.5, 0.6) is 5.75 Å². The first kappa shape index (κ1) is 13.4. The molecular formula is C16H25NO. The van der Waals surface area contributed by atoms with E-state index in [4.69, 9.17) is 0 Å². The third-order valence-corrected chi connectivity index (χ3v) is 4.25. The summed E-state index contributed by atoms with van der Waals surface area (Å²) in [5, 5.41) is 13.5. The van der Waals surface area contributed by atoms with Crippen LogP contribution in [0.2, 0.25) is 0 Å². The zero-order valence-electron chi connectivity index (χ0n) is 11.6. The minimum Gasteiger partial charge on any atom is -0.507 e. The van der Waals surface area contributed by atoms with Gasteiger partial charge in [0.1, 0.15) is 5.75 Å². The molecule has 0 saturated heterocycles. The topological polar surface area (TPSA) is 32.3 Å². The summed E-state index contributed by atoms with van der Waals surface area (Å²) in [5.41, 5.74) is 2.42. The van der Waals surface area contributed by atoms with E-state index in [1.807, 2.05) is 25.1 Å². The minimum absolute atomic E-state index is 0.443. The van der Waals surface area contributed by atoms with Crippen LogP contribution in [-0.2, 0) is 6.54 Å². The number of benzene rings is 1. The van der Waals surface area contributed by atoms with Gasteiger partial charge in [0.15, 0.2) is 0 Å². The molecule has 0 radical (unpaired) electrons. The second kappa shape index (κ2) is 5.75. The van der Waals surface area contributed by atoms with Gasteiger partial charge in [-0.15, -0.1) is 0 Å². The highest BCUT2D eigenvalue weighted by molar-refractivity contribution is 5.39. The second-order valence-electron chi connectivity index (χ2n) is 6.06. The van der Waals surface area contributed by atoms with Gasteiger partial charge >= 0.3 is 0 Å². The smallest absolute Gasteiger partial charge is 0.122 e. The van der Waals surface area contributed by atoms with Gasteiger partial charge in [-0.25, -0.2) is 0 Å². The summed E-state index contributed by atoms with van der Waals surface area (Å²) in [7, 11) is 0. The van der Waals surface area contributed by atoms with Crippen molar-refractivity contribution in [1.29, 1.82) is 0 Å². The van der Waals surface area contributed by atoms with E-state index in [-0.39, 0.29) is 0 Å². The van der Waals surface area contributed by atoms with Crippen molar-refractivity contribution in [3.8, 4) is 5.75 Å². The number of phenolic OH excluding ortho intramolecular Hbond substituents is 1. The van der Waals surface area contributed by atoms with E-state index >= 15 is 0 Å². The first-order valence-corrected chi connectivity index (χ1v) is 7.09. The highest BCUT2D eigenvalue weighted by atomic mass is 16.3. The summed E-state index contributed by atoms with van der Waals surface area (Å²) in [4.78, 5) is 0. The van der Waals surface area contributed by atoms with Gasteiger partial charge < -0.3 is 10.4 Å². The molecule has 2 nitrogen and oxygen atoms in total. The molecule has 1 saturated carbocycles. The average Bonchev–Trinajstić information content (AvgIpc) is 2.35. The largest absolute Gasteiger partial charge is 0.507 e. The molecule has 0 heterocycles. The highest BCUT2D eigenvalue weighted by Gasteiger charge is 2.26. The summed E-state index contributed by atoms with van der Waals surface area (Å²) < 4.78 is 0. The van der Waals surface area contributed by atoms with Gasteiger partial charge in [0, 0.05) is 18.7 Å². The highest BCUT2D eigenvalue weighted by Crippen LogP contribution is 2.35. The van der Waals surface area contributed by atoms with Crippen molar-refractivity contribution in [3.63, 3.8) is 0 Å². The first-order valence-electron chi connectivity index (χ1n) is 7.09. The lowest BCUT2D eigenvalue weighted by Crippen LogP contribution is -2.33. The molecule has 1 aromatic carbocycles. The van der Waals surface area contributed by atoms with Crippen molar-refractivity contribution in [2.75, 3.05) is 6.54 Å². The van der Waals surface area contributed by atoms with Gasteiger partial charge in [0.05, 0.1) is 0 Å². The van der Waals surface area contributed by atoms with Crippen molar-refractivity contribution in [3.05, 3.63) is 29.3 Å². The van der Waals surface area contributed by atoms with Crippen LogP contribution in [0.15, 0.2) is 18.2 Å². The van der Waals surface area contributed by atoms with Gasteiger partial charge in [-0.1, -0.05) is 44.4 Å². The fourth-order valence-electron chi connectivity index (χ4n) is 2.94. The second-order valence-corrected chi connectivity index (χ2v) is 6.06. The number of aromatic hydroxyl groups is 1. The number of rotatable bonds is 4. The normalized spacial score (nSPS) is 18.8. The predicted molar refractivity (Wildman–Crippen MR) is 75.7 cm³/mol. The lowest BCUT2D eigenvalue weighted by molar-refractivity contribution is 0.207. The van der Waals surface area contributed by atoms with Crippen molar-refractivity contribution < 1.29 is 5.11 Å². The maximum atomic E-state index is 9.96. The summed E-state index contributed by atoms with van der Waals surface area (Å²) in [6.45, 7) is 6.15. The maximum absolute atomic E-state index is 9.96. The maximum Gasteiger partial charge on any atom is 0.122 e. The van der Waals surface area contributed by atoms with Crippen LogP contribution in [0.4, 0.5) is 0 Å². The first-order chi connectivity index (χ1) is 8.61. The molecule has 0 bridgehead atoms. The molecule has 0 unspecified atom stereocenters. The van der Waals surface area contributed by atoms with Crippen LogP contribution < -0.4 is 5.32 Å². The Morgan fingerprint density at radius 3 is 2.67 bits per heavy atom. The van der Waals surface area contributed by atoms with E-state index in [1.165, 1.54) is 32.1 Å². The average molecular weight is 247 g/mol. The Hall–Kier alpha value is -1.02. The van der Waals surface area contributed by atoms with Gasteiger partial charge in [-0.3, -0.25) is 0 Å². The quantitative estimate of drug-likeness (QED) is 0.849. The van der Waals surface area contributed by atoms with Gasteiger partial charge in [0.2, 0.25) is 0 Å². The molecule has 2 N–H and O–H groups in total. The third-order valence-electron chi connectivity index (χ3n) is 4.25. The van der Waals surface area contributed by atoms with Crippen LogP contribution >= 0.6 is 0 Å². The van der Waals surface area contributed by atoms with Crippen LogP contribution in [0.1, 0.15) is 50.2 Å². The molecule has 2 rings (SSSR count). The van der Waals surface area contributed by atoms with Gasteiger partial charge in [-0.05, 0) is 30.7 Å². The van der Waals surface area contributed by atoms with Crippen molar-refractivity contribution in [2.45, 2.75) is 52.5 Å². The number of hydrogen-bond donors (Lipinski definition) is 2. The molecule has 0 aromatic heterocycles. The molecule has 2 heteroatoms. The summed E-state index contributed by atoms with van der Waals surface area (Å²) in [6.07, 6.45) is 6.80. The summed E-state index contributed by atoms with van der Waals surface area (Å²) in [6, 6.07) is 5.95. The monoisotopic (exact) mass is 247 g/mol. The van der Waals surface area contributed by atoms with Crippen molar-refractivity contribution in [1.82, 2.24) is 5.32 Å². The lowest BCUT2D eigenvalue weighted by atomic mass is 9.76. The van der Waals surface area contributed by atoms with Crippen LogP contribution in [0.3, 0.4) is 0 Å². The molecule has 100 valence electrons. The molecule has 0 amide bonds. The van der Waals surface area contributed by atoms with Gasteiger partial charge in [-0.2, -0.15) is 0 Å². The Labute approximate surface area is 110 Å². The molecule has 1 fully saturated rings. The molecular weight excluding hydrogens is 222 g/mol. The lowest BCUT2D eigenvalue weighted by Gasteiger charge is -2.33. The minimum atomic E-state index is 0.443. The summed E-state index contributed by atoms with van der Waals surface area (Å²) in [5.74, 6) is 0.443. The Balaban J connectivity index is 1.86. The molecule has 18 heavy (non-hydrogen) atoms. The fourth-order valence-corrected chi connectivity index (χ4v) is 2.94. The number of hydrogen-bond acceptors (Lipinski definition) is 2.